The largest absolute Gasteiger partial charge is 0.393 e. The average Bonchev–Trinajstić information content (AvgIpc) is 2.50. The third-order valence-corrected chi connectivity index (χ3v) is 7.21. The van der Waals surface area contributed by atoms with Crippen LogP contribution in [-0.2, 0) is 0 Å². The highest BCUT2D eigenvalue weighted by Crippen LogP contribution is 2.51. The number of rotatable bonds is 6. The van der Waals surface area contributed by atoms with Crippen molar-refractivity contribution < 1.29 is 10.2 Å². The van der Waals surface area contributed by atoms with Gasteiger partial charge in [0.05, 0.1) is 12.2 Å². The molecule has 0 heterocycles. The summed E-state index contributed by atoms with van der Waals surface area (Å²) in [6.45, 7) is 17.1. The molecule has 0 amide bonds. The predicted molar refractivity (Wildman–Crippen MR) is 106 cm³/mol. The minimum absolute atomic E-state index is 0.159. The number of aliphatic hydroxyl groups excluding tert-OH is 2. The maximum Gasteiger partial charge on any atom is 0.0571 e. The van der Waals surface area contributed by atoms with Gasteiger partial charge in [-0.15, -0.1) is 13.2 Å². The molecule has 0 saturated heterocycles. The van der Waals surface area contributed by atoms with Crippen LogP contribution in [0.25, 0.3) is 0 Å². The molecule has 6 unspecified atom stereocenters. The first-order valence-corrected chi connectivity index (χ1v) is 10.3. The van der Waals surface area contributed by atoms with Crippen LogP contribution in [0.5, 0.6) is 0 Å². The lowest BCUT2D eigenvalue weighted by molar-refractivity contribution is -0.0393. The van der Waals surface area contributed by atoms with E-state index in [0.717, 1.165) is 51.4 Å². The fourth-order valence-corrected chi connectivity index (χ4v) is 5.51. The summed E-state index contributed by atoms with van der Waals surface area (Å²) in [5, 5.41) is 20.8. The van der Waals surface area contributed by atoms with E-state index in [0.29, 0.717) is 23.7 Å². The molecule has 0 aliphatic heterocycles. The van der Waals surface area contributed by atoms with E-state index in [1.807, 2.05) is 0 Å². The Bertz CT molecular complexity index is 436. The topological polar surface area (TPSA) is 40.5 Å². The van der Waals surface area contributed by atoms with E-state index < -0.39 is 0 Å². The Morgan fingerprint density at radius 3 is 1.48 bits per heavy atom. The van der Waals surface area contributed by atoms with Crippen molar-refractivity contribution in [2.75, 3.05) is 0 Å². The summed E-state index contributed by atoms with van der Waals surface area (Å²) in [6.07, 6.45) is 7.94. The van der Waals surface area contributed by atoms with E-state index in [1.165, 1.54) is 11.1 Å². The van der Waals surface area contributed by atoms with Gasteiger partial charge in [-0.2, -0.15) is 0 Å². The Balaban J connectivity index is 2.06. The lowest BCUT2D eigenvalue weighted by atomic mass is 9.57. The Hall–Kier alpha value is -0.600. The van der Waals surface area contributed by atoms with Crippen LogP contribution in [0.4, 0.5) is 0 Å². The van der Waals surface area contributed by atoms with Gasteiger partial charge in [0.1, 0.15) is 0 Å². The van der Waals surface area contributed by atoms with Crippen LogP contribution >= 0.6 is 0 Å². The van der Waals surface area contributed by atoms with Gasteiger partial charge in [-0.05, 0) is 94.3 Å². The minimum Gasteiger partial charge on any atom is -0.393 e. The summed E-state index contributed by atoms with van der Waals surface area (Å²) in [4.78, 5) is 0. The Labute approximate surface area is 155 Å². The standard InChI is InChI=1S/C23H40O2/c1-15(2)11-17-13-19(7-9-21(17)24)23(5,6)20-8-10-22(25)18(14-20)12-16(3)4/h17-22,24-25H,1,3,7-14H2,2,4-6H3. The lowest BCUT2D eigenvalue weighted by Crippen LogP contribution is -2.43. The second kappa shape index (κ2) is 8.39. The third-order valence-electron chi connectivity index (χ3n) is 7.21. The van der Waals surface area contributed by atoms with E-state index in [-0.39, 0.29) is 17.6 Å². The molecular formula is C23H40O2. The molecule has 6 atom stereocenters. The van der Waals surface area contributed by atoms with Crippen molar-refractivity contribution in [2.45, 2.75) is 91.3 Å². The second-order valence-electron chi connectivity index (χ2n) is 9.82. The van der Waals surface area contributed by atoms with Gasteiger partial charge >= 0.3 is 0 Å². The molecule has 2 aliphatic carbocycles. The molecule has 0 aromatic heterocycles. The quantitative estimate of drug-likeness (QED) is 0.622. The number of hydrogen-bond donors (Lipinski definition) is 2. The normalized spacial score (nSPS) is 36.9. The van der Waals surface area contributed by atoms with E-state index in [1.54, 1.807) is 0 Å². The van der Waals surface area contributed by atoms with Gasteiger partial charge in [0, 0.05) is 0 Å². The molecule has 144 valence electrons. The summed E-state index contributed by atoms with van der Waals surface area (Å²) >= 11 is 0. The second-order valence-corrected chi connectivity index (χ2v) is 9.82. The van der Waals surface area contributed by atoms with Gasteiger partial charge in [-0.3, -0.25) is 0 Å². The third kappa shape index (κ3) is 5.20. The van der Waals surface area contributed by atoms with Crippen LogP contribution in [-0.4, -0.2) is 22.4 Å². The van der Waals surface area contributed by atoms with Gasteiger partial charge in [0.25, 0.3) is 0 Å². The zero-order chi connectivity index (χ0) is 18.8. The van der Waals surface area contributed by atoms with Crippen molar-refractivity contribution in [1.82, 2.24) is 0 Å². The smallest absolute Gasteiger partial charge is 0.0571 e. The van der Waals surface area contributed by atoms with Crippen LogP contribution in [0, 0.1) is 29.1 Å². The monoisotopic (exact) mass is 348 g/mol. The van der Waals surface area contributed by atoms with Gasteiger partial charge < -0.3 is 10.2 Å². The van der Waals surface area contributed by atoms with Crippen molar-refractivity contribution in [3.8, 4) is 0 Å². The maximum atomic E-state index is 10.4. The van der Waals surface area contributed by atoms with Crippen LogP contribution in [0.1, 0.15) is 79.1 Å². The SMILES string of the molecule is C=C(C)CC1CC(C(C)(C)C2CCC(O)C(CC(=C)C)C2)CCC1O. The number of allylic oxidation sites excluding steroid dienone is 2. The summed E-state index contributed by atoms with van der Waals surface area (Å²) in [5.41, 5.74) is 2.63. The molecule has 2 heteroatoms. The molecule has 2 aliphatic rings. The average molecular weight is 349 g/mol. The Morgan fingerprint density at radius 1 is 0.800 bits per heavy atom. The van der Waals surface area contributed by atoms with Crippen LogP contribution in [0.15, 0.2) is 24.3 Å². The fraction of sp³-hybridized carbons (Fsp3) is 0.826. The molecule has 2 N–H and O–H groups in total. The first-order chi connectivity index (χ1) is 11.6. The molecule has 0 aromatic rings. The van der Waals surface area contributed by atoms with E-state index in [9.17, 15) is 10.2 Å². The van der Waals surface area contributed by atoms with Gasteiger partial charge in [-0.25, -0.2) is 0 Å². The van der Waals surface area contributed by atoms with Gasteiger partial charge in [0.2, 0.25) is 0 Å². The van der Waals surface area contributed by atoms with E-state index >= 15 is 0 Å². The van der Waals surface area contributed by atoms with Crippen molar-refractivity contribution in [3.63, 3.8) is 0 Å². The fourth-order valence-electron chi connectivity index (χ4n) is 5.51. The highest BCUT2D eigenvalue weighted by molar-refractivity contribution is 5.00. The number of hydrogen-bond acceptors (Lipinski definition) is 2. The number of aliphatic hydroxyl groups is 2. The molecule has 2 rings (SSSR count). The van der Waals surface area contributed by atoms with Crippen LogP contribution in [0.3, 0.4) is 0 Å². The molecule has 0 bridgehead atoms. The van der Waals surface area contributed by atoms with Crippen LogP contribution in [0.2, 0.25) is 0 Å². The molecule has 2 nitrogen and oxygen atoms in total. The Morgan fingerprint density at radius 2 is 1.16 bits per heavy atom. The maximum absolute atomic E-state index is 10.4. The van der Waals surface area contributed by atoms with Gasteiger partial charge in [0.15, 0.2) is 0 Å². The first-order valence-electron chi connectivity index (χ1n) is 10.3. The molecule has 2 fully saturated rings. The molecule has 2 saturated carbocycles. The molecule has 0 aromatic carbocycles. The lowest BCUT2D eigenvalue weighted by Gasteiger charge is -2.49. The summed E-state index contributed by atoms with van der Waals surface area (Å²) in [7, 11) is 0. The summed E-state index contributed by atoms with van der Waals surface area (Å²) in [6, 6.07) is 0. The molecule has 0 radical (unpaired) electrons. The van der Waals surface area contributed by atoms with Crippen molar-refractivity contribution in [2.24, 2.45) is 29.1 Å². The minimum atomic E-state index is -0.159. The van der Waals surface area contributed by atoms with E-state index in [4.69, 9.17) is 0 Å². The summed E-state index contributed by atoms with van der Waals surface area (Å²) in [5.74, 6) is 2.06. The predicted octanol–water partition coefficient (Wildman–Crippen LogP) is 5.50. The zero-order valence-corrected chi connectivity index (χ0v) is 16.9. The highest BCUT2D eigenvalue weighted by Gasteiger charge is 2.44. The van der Waals surface area contributed by atoms with Crippen LogP contribution < -0.4 is 0 Å². The first kappa shape index (κ1) is 20.7. The zero-order valence-electron chi connectivity index (χ0n) is 16.9. The summed E-state index contributed by atoms with van der Waals surface area (Å²) < 4.78 is 0. The van der Waals surface area contributed by atoms with E-state index in [2.05, 4.69) is 40.9 Å². The molecule has 25 heavy (non-hydrogen) atoms. The molecular weight excluding hydrogens is 308 g/mol. The van der Waals surface area contributed by atoms with Gasteiger partial charge in [-0.1, -0.05) is 25.0 Å². The Kier molecular flexibility index (Phi) is 6.95. The molecule has 0 spiro atoms. The van der Waals surface area contributed by atoms with Crippen molar-refractivity contribution in [1.29, 1.82) is 0 Å². The highest BCUT2D eigenvalue weighted by atomic mass is 16.3. The van der Waals surface area contributed by atoms with Crippen molar-refractivity contribution >= 4 is 0 Å². The van der Waals surface area contributed by atoms with Crippen molar-refractivity contribution in [3.05, 3.63) is 24.3 Å².